The van der Waals surface area contributed by atoms with E-state index in [1.165, 1.54) is 18.3 Å². The van der Waals surface area contributed by atoms with Crippen LogP contribution in [0.2, 0.25) is 0 Å². The molecule has 1 aromatic heterocycles. The predicted octanol–water partition coefficient (Wildman–Crippen LogP) is 2.39. The molecule has 20 heavy (non-hydrogen) atoms. The van der Waals surface area contributed by atoms with Crippen molar-refractivity contribution in [2.45, 2.75) is 0 Å². The lowest BCUT2D eigenvalue weighted by atomic mass is 10.2. The van der Waals surface area contributed by atoms with E-state index in [9.17, 15) is 9.18 Å². The predicted molar refractivity (Wildman–Crippen MR) is 72.9 cm³/mol. The number of halogens is 1. The smallest absolute Gasteiger partial charge is 0.274 e. The lowest BCUT2D eigenvalue weighted by Gasteiger charge is -2.07. The number of benzene rings is 1. The van der Waals surface area contributed by atoms with E-state index in [0.29, 0.717) is 0 Å². The second-order valence-electron chi connectivity index (χ2n) is 3.94. The summed E-state index contributed by atoms with van der Waals surface area (Å²) in [6.45, 7) is 0. The largest absolute Gasteiger partial charge is 0.388 e. The van der Waals surface area contributed by atoms with Crippen LogP contribution in [-0.2, 0) is 0 Å². The highest BCUT2D eigenvalue weighted by Gasteiger charge is 2.11. The molecule has 0 radical (unpaired) electrons. The van der Waals surface area contributed by atoms with E-state index in [2.05, 4.69) is 15.6 Å². The van der Waals surface area contributed by atoms with Crippen LogP contribution in [-0.4, -0.2) is 17.9 Å². The Morgan fingerprint density at radius 3 is 2.80 bits per heavy atom. The van der Waals surface area contributed by atoms with Gasteiger partial charge >= 0.3 is 0 Å². The zero-order valence-corrected chi connectivity index (χ0v) is 10.6. The monoisotopic (exact) mass is 270 g/mol. The minimum Gasteiger partial charge on any atom is -0.388 e. The summed E-state index contributed by atoms with van der Waals surface area (Å²) in [5.74, 6) is -1.19. The number of rotatable bonds is 3. The molecular formula is C14H11FN4O. The molecule has 1 amide bonds. The molecule has 0 aliphatic rings. The molecule has 0 saturated carbocycles. The van der Waals surface area contributed by atoms with E-state index < -0.39 is 11.7 Å². The quantitative estimate of drug-likeness (QED) is 0.897. The van der Waals surface area contributed by atoms with Crippen LogP contribution in [0.3, 0.4) is 0 Å². The lowest BCUT2D eigenvalue weighted by Crippen LogP contribution is -2.14. The van der Waals surface area contributed by atoms with Crippen molar-refractivity contribution in [1.82, 2.24) is 4.98 Å². The first kappa shape index (κ1) is 13.5. The van der Waals surface area contributed by atoms with Crippen LogP contribution in [0.4, 0.5) is 15.8 Å². The zero-order chi connectivity index (χ0) is 14.5. The van der Waals surface area contributed by atoms with Crippen LogP contribution in [0.25, 0.3) is 0 Å². The van der Waals surface area contributed by atoms with E-state index in [-0.39, 0.29) is 16.9 Å². The maximum atomic E-state index is 13.7. The Morgan fingerprint density at radius 2 is 2.15 bits per heavy atom. The Bertz CT molecular complexity index is 694. The number of nitrogens with zero attached hydrogens (tertiary/aromatic N) is 2. The summed E-state index contributed by atoms with van der Waals surface area (Å²) in [6.07, 6.45) is 1.48. The molecule has 0 spiro atoms. The fourth-order valence-electron chi connectivity index (χ4n) is 1.58. The van der Waals surface area contributed by atoms with Gasteiger partial charge in [-0.2, -0.15) is 5.26 Å². The van der Waals surface area contributed by atoms with Crippen molar-refractivity contribution in [2.75, 3.05) is 17.7 Å². The van der Waals surface area contributed by atoms with Gasteiger partial charge in [0.25, 0.3) is 5.91 Å². The van der Waals surface area contributed by atoms with Crippen LogP contribution in [0.15, 0.2) is 36.5 Å². The maximum Gasteiger partial charge on any atom is 0.274 e. The Balaban J connectivity index is 2.21. The van der Waals surface area contributed by atoms with Gasteiger partial charge in [-0.15, -0.1) is 0 Å². The van der Waals surface area contributed by atoms with E-state index >= 15 is 0 Å². The van der Waals surface area contributed by atoms with Crippen LogP contribution in [0, 0.1) is 17.1 Å². The van der Waals surface area contributed by atoms with Crippen molar-refractivity contribution >= 4 is 17.3 Å². The molecule has 1 aromatic carbocycles. The van der Waals surface area contributed by atoms with Crippen molar-refractivity contribution in [3.8, 4) is 6.07 Å². The average Bonchev–Trinajstić information content (AvgIpc) is 2.49. The van der Waals surface area contributed by atoms with Gasteiger partial charge in [0, 0.05) is 18.9 Å². The summed E-state index contributed by atoms with van der Waals surface area (Å²) in [5, 5.41) is 13.9. The first-order valence-corrected chi connectivity index (χ1v) is 5.79. The number of nitrogens with one attached hydrogen (secondary N) is 2. The van der Waals surface area contributed by atoms with Gasteiger partial charge in [-0.25, -0.2) is 4.39 Å². The van der Waals surface area contributed by atoms with Gasteiger partial charge in [0.1, 0.15) is 11.5 Å². The van der Waals surface area contributed by atoms with Gasteiger partial charge in [0.2, 0.25) is 0 Å². The number of pyridine rings is 1. The molecule has 0 atom stereocenters. The molecule has 0 saturated heterocycles. The third-order valence-electron chi connectivity index (χ3n) is 2.63. The second-order valence-corrected chi connectivity index (χ2v) is 3.94. The molecule has 5 nitrogen and oxygen atoms in total. The summed E-state index contributed by atoms with van der Waals surface area (Å²) >= 11 is 0. The molecule has 2 rings (SSSR count). The van der Waals surface area contributed by atoms with Gasteiger partial charge in [-0.1, -0.05) is 0 Å². The normalized spacial score (nSPS) is 9.65. The van der Waals surface area contributed by atoms with Crippen molar-refractivity contribution in [3.63, 3.8) is 0 Å². The van der Waals surface area contributed by atoms with Gasteiger partial charge in [-0.3, -0.25) is 9.78 Å². The number of carbonyl (C=O) groups is 1. The highest BCUT2D eigenvalue weighted by atomic mass is 19.1. The highest BCUT2D eigenvalue weighted by molar-refractivity contribution is 6.03. The third-order valence-corrected chi connectivity index (χ3v) is 2.63. The minimum atomic E-state index is -0.665. The summed E-state index contributed by atoms with van der Waals surface area (Å²) in [5.41, 5.74) is 1.09. The van der Waals surface area contributed by atoms with Gasteiger partial charge in [-0.05, 0) is 30.3 Å². The Morgan fingerprint density at radius 1 is 1.35 bits per heavy atom. The fraction of sp³-hybridized carbons (Fsp3) is 0.0714. The molecule has 0 bridgehead atoms. The molecule has 0 unspecified atom stereocenters. The Hall–Kier alpha value is -2.94. The number of nitriles is 1. The summed E-state index contributed by atoms with van der Waals surface area (Å²) in [7, 11) is 1.72. The van der Waals surface area contributed by atoms with Gasteiger partial charge in [0.15, 0.2) is 0 Å². The van der Waals surface area contributed by atoms with Crippen LogP contribution < -0.4 is 10.6 Å². The van der Waals surface area contributed by atoms with Crippen molar-refractivity contribution in [2.24, 2.45) is 0 Å². The van der Waals surface area contributed by atoms with Crippen molar-refractivity contribution in [1.29, 1.82) is 5.26 Å². The molecule has 1 heterocycles. The zero-order valence-electron chi connectivity index (χ0n) is 10.6. The van der Waals surface area contributed by atoms with E-state index in [1.807, 2.05) is 6.07 Å². The Labute approximate surface area is 115 Å². The lowest BCUT2D eigenvalue weighted by molar-refractivity contribution is 0.102. The summed E-state index contributed by atoms with van der Waals surface area (Å²) in [6, 6.07) is 8.91. The minimum absolute atomic E-state index is 0.00524. The van der Waals surface area contributed by atoms with E-state index in [1.54, 1.807) is 19.2 Å². The average molecular weight is 270 g/mol. The Kier molecular flexibility index (Phi) is 3.91. The second kappa shape index (κ2) is 5.80. The molecule has 100 valence electrons. The topological polar surface area (TPSA) is 77.8 Å². The number of aromatic nitrogens is 1. The molecular weight excluding hydrogens is 259 g/mol. The van der Waals surface area contributed by atoms with Crippen LogP contribution >= 0.6 is 0 Å². The van der Waals surface area contributed by atoms with Crippen LogP contribution in [0.1, 0.15) is 16.1 Å². The SMILES string of the molecule is CNc1ccnc(C(=O)Nc2ccc(C#N)cc2F)c1. The molecule has 0 aliphatic heterocycles. The summed E-state index contributed by atoms with van der Waals surface area (Å²) < 4.78 is 13.7. The first-order valence-electron chi connectivity index (χ1n) is 5.79. The van der Waals surface area contributed by atoms with Crippen molar-refractivity contribution < 1.29 is 9.18 Å². The van der Waals surface area contributed by atoms with Gasteiger partial charge < -0.3 is 10.6 Å². The molecule has 2 N–H and O–H groups in total. The number of amides is 1. The van der Waals surface area contributed by atoms with Crippen LogP contribution in [0.5, 0.6) is 0 Å². The fourth-order valence-corrected chi connectivity index (χ4v) is 1.58. The van der Waals surface area contributed by atoms with Crippen molar-refractivity contribution in [3.05, 3.63) is 53.6 Å². The standard InChI is InChI=1S/C14H11FN4O/c1-17-10-4-5-18-13(7-10)14(20)19-12-3-2-9(8-16)6-11(12)15/h2-7H,1H3,(H,17,18)(H,19,20). The maximum absolute atomic E-state index is 13.7. The number of hydrogen-bond donors (Lipinski definition) is 2. The first-order chi connectivity index (χ1) is 9.63. The van der Waals surface area contributed by atoms with Gasteiger partial charge in [0.05, 0.1) is 17.3 Å². The highest BCUT2D eigenvalue weighted by Crippen LogP contribution is 2.16. The molecule has 0 fully saturated rings. The third kappa shape index (κ3) is 2.90. The molecule has 0 aliphatic carbocycles. The molecule has 2 aromatic rings. The molecule has 6 heteroatoms. The van der Waals surface area contributed by atoms with E-state index in [4.69, 9.17) is 5.26 Å². The number of hydrogen-bond acceptors (Lipinski definition) is 4. The van der Waals surface area contributed by atoms with E-state index in [0.717, 1.165) is 11.8 Å². The summed E-state index contributed by atoms with van der Waals surface area (Å²) in [4.78, 5) is 15.9. The number of carbonyl (C=O) groups excluding carboxylic acids is 1. The number of anilines is 2.